The fourth-order valence-electron chi connectivity index (χ4n) is 5.33. The molecule has 0 spiro atoms. The van der Waals surface area contributed by atoms with Crippen molar-refractivity contribution in [3.8, 4) is 0 Å². The minimum Gasteiger partial charge on any atom is -0.397 e. The first-order chi connectivity index (χ1) is 8.70. The molecule has 0 atom stereocenters. The van der Waals surface area contributed by atoms with E-state index in [1.54, 1.807) is 0 Å². The highest BCUT2D eigenvalue weighted by Crippen LogP contribution is 2.59. The van der Waals surface area contributed by atoms with Crippen molar-refractivity contribution in [3.05, 3.63) is 23.5 Å². The van der Waals surface area contributed by atoms with Crippen LogP contribution in [0.15, 0.2) is 12.3 Å². The van der Waals surface area contributed by atoms with E-state index < -0.39 is 0 Å². The molecule has 18 heavy (non-hydrogen) atoms. The van der Waals surface area contributed by atoms with Crippen molar-refractivity contribution in [2.45, 2.75) is 44.9 Å². The second-order valence-corrected chi connectivity index (χ2v) is 6.93. The van der Waals surface area contributed by atoms with Gasteiger partial charge >= 0.3 is 0 Å². The fourth-order valence-corrected chi connectivity index (χ4v) is 5.33. The van der Waals surface area contributed by atoms with Gasteiger partial charge in [-0.1, -0.05) is 0 Å². The highest BCUT2D eigenvalue weighted by atomic mass is 14.7. The maximum absolute atomic E-state index is 5.84. The molecule has 2 N–H and O–H groups in total. The summed E-state index contributed by atoms with van der Waals surface area (Å²) in [6.45, 7) is 2.18. The van der Waals surface area contributed by atoms with Crippen molar-refractivity contribution in [3.63, 3.8) is 0 Å². The maximum atomic E-state index is 5.84. The monoisotopic (exact) mass is 242 g/mol. The number of hydrogen-bond donors (Lipinski definition) is 1. The van der Waals surface area contributed by atoms with E-state index in [0.29, 0.717) is 0 Å². The van der Waals surface area contributed by atoms with Crippen LogP contribution in [0.1, 0.15) is 49.3 Å². The third-order valence-electron chi connectivity index (χ3n) is 5.68. The van der Waals surface area contributed by atoms with E-state index in [1.165, 1.54) is 43.4 Å². The van der Waals surface area contributed by atoms with E-state index in [0.717, 1.165) is 35.3 Å². The Hall–Kier alpha value is -1.05. The molecule has 96 valence electrons. The molecule has 0 aliphatic heterocycles. The van der Waals surface area contributed by atoms with Gasteiger partial charge < -0.3 is 5.73 Å². The summed E-state index contributed by atoms with van der Waals surface area (Å²) in [5, 5.41) is 0. The summed E-state index contributed by atoms with van der Waals surface area (Å²) in [6.07, 6.45) is 9.22. The Balaban J connectivity index is 1.72. The second kappa shape index (κ2) is 3.72. The lowest BCUT2D eigenvalue weighted by molar-refractivity contribution is -0.00436. The van der Waals surface area contributed by atoms with Crippen LogP contribution in [0.5, 0.6) is 0 Å². The molecule has 0 amide bonds. The van der Waals surface area contributed by atoms with E-state index in [-0.39, 0.29) is 0 Å². The van der Waals surface area contributed by atoms with Gasteiger partial charge in [0.05, 0.1) is 11.9 Å². The van der Waals surface area contributed by atoms with E-state index in [9.17, 15) is 0 Å². The topological polar surface area (TPSA) is 38.9 Å². The summed E-state index contributed by atoms with van der Waals surface area (Å²) >= 11 is 0. The molecular weight excluding hydrogens is 220 g/mol. The normalized spacial score (nSPS) is 41.3. The fraction of sp³-hybridized carbons (Fsp3) is 0.688. The molecule has 5 rings (SSSR count). The summed E-state index contributed by atoms with van der Waals surface area (Å²) in [4.78, 5) is 4.70. The molecule has 4 bridgehead atoms. The van der Waals surface area contributed by atoms with Gasteiger partial charge in [-0.3, -0.25) is 4.98 Å². The SMILES string of the molecule is Cc1cc(N)cnc1C1C2CC3CC(C2)CC1C3. The van der Waals surface area contributed by atoms with Crippen molar-refractivity contribution < 1.29 is 0 Å². The molecule has 0 radical (unpaired) electrons. The summed E-state index contributed by atoms with van der Waals surface area (Å²) in [5.74, 6) is 4.64. The smallest absolute Gasteiger partial charge is 0.0503 e. The summed E-state index contributed by atoms with van der Waals surface area (Å²) in [5.41, 5.74) is 9.32. The van der Waals surface area contributed by atoms with Crippen LogP contribution >= 0.6 is 0 Å². The van der Waals surface area contributed by atoms with Crippen molar-refractivity contribution in [2.75, 3.05) is 5.73 Å². The zero-order valence-corrected chi connectivity index (χ0v) is 11.1. The average molecular weight is 242 g/mol. The first kappa shape index (κ1) is 10.8. The van der Waals surface area contributed by atoms with E-state index in [2.05, 4.69) is 13.0 Å². The quantitative estimate of drug-likeness (QED) is 0.818. The number of pyridine rings is 1. The van der Waals surface area contributed by atoms with Gasteiger partial charge in [-0.25, -0.2) is 0 Å². The molecule has 4 aliphatic rings. The van der Waals surface area contributed by atoms with Gasteiger partial charge in [-0.2, -0.15) is 0 Å². The lowest BCUT2D eigenvalue weighted by Crippen LogP contribution is -2.44. The minimum absolute atomic E-state index is 0.735. The standard InChI is InChI=1S/C16H22N2/c1-9-2-14(17)8-18-16(9)15-12-4-10-3-11(6-12)7-13(15)5-10/h2,8,10-13,15H,3-7,17H2,1H3. The van der Waals surface area contributed by atoms with Crippen molar-refractivity contribution in [2.24, 2.45) is 23.7 Å². The zero-order chi connectivity index (χ0) is 12.3. The Labute approximate surface area is 109 Å². The van der Waals surface area contributed by atoms with Crippen LogP contribution in [0.4, 0.5) is 5.69 Å². The average Bonchev–Trinajstić information content (AvgIpc) is 2.30. The molecule has 1 heterocycles. The molecule has 4 aliphatic carbocycles. The Bertz CT molecular complexity index is 452. The van der Waals surface area contributed by atoms with Crippen LogP contribution in [-0.2, 0) is 0 Å². The molecule has 0 saturated heterocycles. The van der Waals surface area contributed by atoms with Gasteiger partial charge in [0.2, 0.25) is 0 Å². The number of nitrogen functional groups attached to an aromatic ring is 1. The molecule has 4 fully saturated rings. The van der Waals surface area contributed by atoms with E-state index in [1.807, 2.05) is 6.20 Å². The molecule has 2 nitrogen and oxygen atoms in total. The van der Waals surface area contributed by atoms with Gasteiger partial charge in [0.1, 0.15) is 0 Å². The van der Waals surface area contributed by atoms with Gasteiger partial charge in [0, 0.05) is 11.6 Å². The number of hydrogen-bond acceptors (Lipinski definition) is 2. The molecule has 2 heteroatoms. The Kier molecular flexibility index (Phi) is 2.24. The maximum Gasteiger partial charge on any atom is 0.0503 e. The molecular formula is C16H22N2. The lowest BCUT2D eigenvalue weighted by atomic mass is 9.51. The van der Waals surface area contributed by atoms with Crippen LogP contribution in [0.3, 0.4) is 0 Å². The Morgan fingerprint density at radius 2 is 1.67 bits per heavy atom. The van der Waals surface area contributed by atoms with Crippen molar-refractivity contribution in [1.29, 1.82) is 0 Å². The Morgan fingerprint density at radius 1 is 1.06 bits per heavy atom. The summed E-state index contributed by atoms with van der Waals surface area (Å²) in [6, 6.07) is 2.10. The van der Waals surface area contributed by atoms with Crippen LogP contribution in [0.2, 0.25) is 0 Å². The number of anilines is 1. The van der Waals surface area contributed by atoms with E-state index >= 15 is 0 Å². The first-order valence-electron chi connectivity index (χ1n) is 7.42. The van der Waals surface area contributed by atoms with E-state index in [4.69, 9.17) is 10.7 Å². The Morgan fingerprint density at radius 3 is 2.22 bits per heavy atom. The number of aryl methyl sites for hydroxylation is 1. The highest BCUT2D eigenvalue weighted by Gasteiger charge is 2.49. The molecule has 1 aromatic rings. The number of nitrogens with zero attached hydrogens (tertiary/aromatic N) is 1. The largest absolute Gasteiger partial charge is 0.397 e. The molecule has 1 aromatic heterocycles. The predicted molar refractivity (Wildman–Crippen MR) is 73.2 cm³/mol. The molecule has 0 aromatic carbocycles. The first-order valence-corrected chi connectivity index (χ1v) is 7.42. The van der Waals surface area contributed by atoms with Crippen LogP contribution in [-0.4, -0.2) is 4.98 Å². The number of aromatic nitrogens is 1. The van der Waals surface area contributed by atoms with Gasteiger partial charge in [0.25, 0.3) is 0 Å². The second-order valence-electron chi connectivity index (χ2n) is 6.93. The van der Waals surface area contributed by atoms with Crippen LogP contribution < -0.4 is 5.73 Å². The van der Waals surface area contributed by atoms with Gasteiger partial charge in [-0.15, -0.1) is 0 Å². The molecule has 0 unspecified atom stereocenters. The van der Waals surface area contributed by atoms with Crippen molar-refractivity contribution >= 4 is 5.69 Å². The zero-order valence-electron chi connectivity index (χ0n) is 11.1. The third kappa shape index (κ3) is 1.51. The predicted octanol–water partition coefficient (Wildman–Crippen LogP) is 3.51. The number of nitrogens with two attached hydrogens (primary N) is 1. The van der Waals surface area contributed by atoms with Crippen LogP contribution in [0.25, 0.3) is 0 Å². The van der Waals surface area contributed by atoms with Gasteiger partial charge in [0.15, 0.2) is 0 Å². The minimum atomic E-state index is 0.735. The summed E-state index contributed by atoms with van der Waals surface area (Å²) < 4.78 is 0. The summed E-state index contributed by atoms with van der Waals surface area (Å²) in [7, 11) is 0. The van der Waals surface area contributed by atoms with Gasteiger partial charge in [-0.05, 0) is 74.3 Å². The highest BCUT2D eigenvalue weighted by molar-refractivity contribution is 5.41. The lowest BCUT2D eigenvalue weighted by Gasteiger charge is -2.54. The number of rotatable bonds is 1. The third-order valence-corrected chi connectivity index (χ3v) is 5.68. The van der Waals surface area contributed by atoms with Crippen LogP contribution in [0, 0.1) is 30.6 Å². The van der Waals surface area contributed by atoms with Crippen molar-refractivity contribution in [1.82, 2.24) is 4.98 Å². The molecule has 4 saturated carbocycles.